The van der Waals surface area contributed by atoms with Gasteiger partial charge in [0.2, 0.25) is 5.91 Å². The van der Waals surface area contributed by atoms with Crippen LogP contribution in [0.15, 0.2) is 29.4 Å². The van der Waals surface area contributed by atoms with Crippen LogP contribution in [0.25, 0.3) is 5.69 Å². The maximum absolute atomic E-state index is 13.4. The molecule has 0 aliphatic rings. The maximum Gasteiger partial charge on any atom is 0.231 e. The van der Waals surface area contributed by atoms with E-state index in [9.17, 15) is 14.4 Å². The van der Waals surface area contributed by atoms with Crippen molar-refractivity contribution < 1.29 is 9.18 Å². The number of thioether (sulfide) groups is 1. The fourth-order valence-electron chi connectivity index (χ4n) is 2.47. The molecule has 0 aliphatic heterocycles. The molecule has 0 saturated carbocycles. The van der Waals surface area contributed by atoms with Gasteiger partial charge in [-0.2, -0.15) is 5.26 Å². The molecule has 156 valence electrons. The molecular weight excluding hydrogens is 391 g/mol. The lowest BCUT2D eigenvalue weighted by molar-refractivity contribution is -0.120. The second kappa shape index (κ2) is 9.37. The van der Waals surface area contributed by atoms with Gasteiger partial charge in [-0.3, -0.25) is 14.3 Å². The Balaban J connectivity index is 2.28. The number of benzene rings is 1. The van der Waals surface area contributed by atoms with Gasteiger partial charge in [0.05, 0.1) is 17.9 Å². The van der Waals surface area contributed by atoms with E-state index in [-0.39, 0.29) is 29.4 Å². The summed E-state index contributed by atoms with van der Waals surface area (Å²) in [6.07, 6.45) is 0. The SMILES string of the molecule is CC(C)[C@](C)(C#N)NC(=O)CSc1nnc([C@H](C)N(C)C)n1-c1ccc(F)cc1. The van der Waals surface area contributed by atoms with Crippen molar-refractivity contribution in [1.82, 2.24) is 25.0 Å². The highest BCUT2D eigenvalue weighted by Gasteiger charge is 2.30. The van der Waals surface area contributed by atoms with Gasteiger partial charge >= 0.3 is 0 Å². The molecule has 1 amide bonds. The highest BCUT2D eigenvalue weighted by molar-refractivity contribution is 7.99. The summed E-state index contributed by atoms with van der Waals surface area (Å²) < 4.78 is 15.2. The molecule has 0 saturated heterocycles. The van der Waals surface area contributed by atoms with Crippen LogP contribution in [-0.2, 0) is 4.79 Å². The van der Waals surface area contributed by atoms with E-state index in [0.717, 1.165) is 0 Å². The summed E-state index contributed by atoms with van der Waals surface area (Å²) in [5, 5.41) is 21.3. The lowest BCUT2D eigenvalue weighted by atomic mass is 9.90. The number of hydrogen-bond acceptors (Lipinski definition) is 6. The fourth-order valence-corrected chi connectivity index (χ4v) is 3.23. The number of halogens is 1. The lowest BCUT2D eigenvalue weighted by Gasteiger charge is -2.27. The van der Waals surface area contributed by atoms with E-state index in [1.54, 1.807) is 19.1 Å². The Kier molecular flexibility index (Phi) is 7.38. The van der Waals surface area contributed by atoms with Gasteiger partial charge in [-0.25, -0.2) is 4.39 Å². The molecule has 0 radical (unpaired) electrons. The van der Waals surface area contributed by atoms with Crippen molar-refractivity contribution in [2.75, 3.05) is 19.8 Å². The van der Waals surface area contributed by atoms with E-state index in [4.69, 9.17) is 0 Å². The Morgan fingerprint density at radius 3 is 2.45 bits per heavy atom. The smallest absolute Gasteiger partial charge is 0.231 e. The molecular formula is C20H27FN6OS. The molecule has 1 N–H and O–H groups in total. The highest BCUT2D eigenvalue weighted by atomic mass is 32.2. The average Bonchev–Trinajstić information content (AvgIpc) is 3.09. The van der Waals surface area contributed by atoms with Crippen LogP contribution >= 0.6 is 11.8 Å². The second-order valence-corrected chi connectivity index (χ2v) is 8.54. The topological polar surface area (TPSA) is 86.8 Å². The number of nitrogens with one attached hydrogen (secondary N) is 1. The van der Waals surface area contributed by atoms with Crippen LogP contribution in [0.3, 0.4) is 0 Å². The standard InChI is InChI=1S/C20H27FN6OS/c1-13(2)20(4,12-22)23-17(28)11-29-19-25-24-18(14(3)26(5)6)27(19)16-9-7-15(21)8-10-16/h7-10,13-14H,11H2,1-6H3,(H,23,28)/t14-,20-/m0/s1. The molecule has 0 fully saturated rings. The zero-order valence-corrected chi connectivity index (χ0v) is 18.4. The van der Waals surface area contributed by atoms with E-state index in [1.807, 2.05) is 44.3 Å². The van der Waals surface area contributed by atoms with Crippen molar-refractivity contribution in [3.8, 4) is 11.8 Å². The van der Waals surface area contributed by atoms with Gasteiger partial charge in [0.1, 0.15) is 11.4 Å². The summed E-state index contributed by atoms with van der Waals surface area (Å²) in [4.78, 5) is 14.4. The normalized spacial score (nSPS) is 14.5. The Morgan fingerprint density at radius 2 is 1.93 bits per heavy atom. The van der Waals surface area contributed by atoms with Crippen molar-refractivity contribution in [3.05, 3.63) is 35.9 Å². The molecule has 2 aromatic rings. The molecule has 9 heteroatoms. The van der Waals surface area contributed by atoms with Crippen molar-refractivity contribution in [2.24, 2.45) is 5.92 Å². The quantitative estimate of drug-likeness (QED) is 0.663. The minimum Gasteiger partial charge on any atom is -0.337 e. The van der Waals surface area contributed by atoms with Crippen LogP contribution in [-0.4, -0.2) is 51.0 Å². The van der Waals surface area contributed by atoms with Gasteiger partial charge in [-0.15, -0.1) is 10.2 Å². The average molecular weight is 419 g/mol. The van der Waals surface area contributed by atoms with E-state index < -0.39 is 5.54 Å². The highest BCUT2D eigenvalue weighted by Crippen LogP contribution is 2.27. The van der Waals surface area contributed by atoms with Gasteiger partial charge in [0.15, 0.2) is 11.0 Å². The molecule has 29 heavy (non-hydrogen) atoms. The third-order valence-corrected chi connectivity index (χ3v) is 5.94. The molecule has 7 nitrogen and oxygen atoms in total. The Bertz CT molecular complexity index is 889. The number of rotatable bonds is 8. The van der Waals surface area contributed by atoms with Gasteiger partial charge in [-0.05, 0) is 58.1 Å². The number of aromatic nitrogens is 3. The Hall–Kier alpha value is -2.44. The number of amides is 1. The Morgan fingerprint density at radius 1 is 1.31 bits per heavy atom. The Labute approximate surface area is 175 Å². The van der Waals surface area contributed by atoms with E-state index >= 15 is 0 Å². The largest absolute Gasteiger partial charge is 0.337 e. The number of carbonyl (C=O) groups is 1. The predicted molar refractivity (Wildman–Crippen MR) is 111 cm³/mol. The summed E-state index contributed by atoms with van der Waals surface area (Å²) in [6, 6.07) is 8.18. The molecule has 0 aliphatic carbocycles. The molecule has 2 atom stereocenters. The van der Waals surface area contributed by atoms with E-state index in [1.165, 1.54) is 23.9 Å². The number of nitriles is 1. The summed E-state index contributed by atoms with van der Waals surface area (Å²) in [6.45, 7) is 7.47. The van der Waals surface area contributed by atoms with Crippen LogP contribution < -0.4 is 5.32 Å². The molecule has 0 bridgehead atoms. The first kappa shape index (κ1) is 22.8. The molecule has 0 spiro atoms. The molecule has 2 rings (SSSR count). The fraction of sp³-hybridized carbons (Fsp3) is 0.500. The van der Waals surface area contributed by atoms with Gasteiger partial charge in [0.25, 0.3) is 0 Å². The zero-order chi connectivity index (χ0) is 21.8. The minimum absolute atomic E-state index is 0.0307. The maximum atomic E-state index is 13.4. The van der Waals surface area contributed by atoms with Crippen LogP contribution in [0.5, 0.6) is 0 Å². The number of hydrogen-bond donors (Lipinski definition) is 1. The third kappa shape index (κ3) is 5.34. The molecule has 1 heterocycles. The molecule has 0 unspecified atom stereocenters. The third-order valence-electron chi connectivity index (χ3n) is 5.01. The van der Waals surface area contributed by atoms with Crippen molar-refractivity contribution in [2.45, 2.75) is 44.4 Å². The van der Waals surface area contributed by atoms with Crippen LogP contribution in [0.2, 0.25) is 0 Å². The second-order valence-electron chi connectivity index (χ2n) is 7.60. The minimum atomic E-state index is -0.938. The summed E-state index contributed by atoms with van der Waals surface area (Å²) in [5.41, 5.74) is -0.223. The molecule has 1 aromatic heterocycles. The number of nitrogens with zero attached hydrogens (tertiary/aromatic N) is 5. The van der Waals surface area contributed by atoms with Gasteiger partial charge in [0, 0.05) is 5.69 Å². The van der Waals surface area contributed by atoms with Gasteiger partial charge in [-0.1, -0.05) is 25.6 Å². The van der Waals surface area contributed by atoms with Gasteiger partial charge < -0.3 is 5.32 Å². The summed E-state index contributed by atoms with van der Waals surface area (Å²) in [5.74, 6) is 0.149. The van der Waals surface area contributed by atoms with E-state index in [0.29, 0.717) is 16.7 Å². The van der Waals surface area contributed by atoms with Crippen LogP contribution in [0, 0.1) is 23.1 Å². The first-order valence-electron chi connectivity index (χ1n) is 9.31. The monoisotopic (exact) mass is 418 g/mol. The molecule has 1 aromatic carbocycles. The van der Waals surface area contributed by atoms with Crippen LogP contribution in [0.1, 0.15) is 39.6 Å². The zero-order valence-electron chi connectivity index (χ0n) is 17.6. The van der Waals surface area contributed by atoms with Crippen molar-refractivity contribution >= 4 is 17.7 Å². The first-order valence-corrected chi connectivity index (χ1v) is 10.3. The lowest BCUT2D eigenvalue weighted by Crippen LogP contribution is -2.49. The van der Waals surface area contributed by atoms with Crippen molar-refractivity contribution in [3.63, 3.8) is 0 Å². The van der Waals surface area contributed by atoms with Crippen molar-refractivity contribution in [1.29, 1.82) is 5.26 Å². The predicted octanol–water partition coefficient (Wildman–Crippen LogP) is 3.18. The number of carbonyl (C=O) groups excluding carboxylic acids is 1. The van der Waals surface area contributed by atoms with Crippen LogP contribution in [0.4, 0.5) is 4.39 Å². The van der Waals surface area contributed by atoms with E-state index in [2.05, 4.69) is 21.6 Å². The summed E-state index contributed by atoms with van der Waals surface area (Å²) in [7, 11) is 3.87. The first-order chi connectivity index (χ1) is 13.6. The summed E-state index contributed by atoms with van der Waals surface area (Å²) >= 11 is 1.22.